The van der Waals surface area contributed by atoms with Crippen LogP contribution in [0, 0.1) is 5.41 Å². The molecule has 180 valence electrons. The maximum absolute atomic E-state index is 14.0. The van der Waals surface area contributed by atoms with Gasteiger partial charge in [-0.15, -0.1) is 0 Å². The highest BCUT2D eigenvalue weighted by atomic mass is 19.1. The Balaban J connectivity index is 1.25. The summed E-state index contributed by atoms with van der Waals surface area (Å²) < 4.78 is 21.4. The molecule has 3 aliphatic rings. The Kier molecular flexibility index (Phi) is 5.07. The van der Waals surface area contributed by atoms with Gasteiger partial charge in [0.2, 0.25) is 5.95 Å². The van der Waals surface area contributed by atoms with E-state index in [0.717, 1.165) is 43.0 Å². The summed E-state index contributed by atoms with van der Waals surface area (Å²) >= 11 is 0. The van der Waals surface area contributed by atoms with Crippen molar-refractivity contribution in [1.29, 1.82) is 0 Å². The summed E-state index contributed by atoms with van der Waals surface area (Å²) in [5.74, 6) is 2.62. The van der Waals surface area contributed by atoms with Crippen LogP contribution in [0.2, 0.25) is 0 Å². The standard InChI is InChI=1S/C23H29FN8O2/c1-14(2)32-17-7-20(26-8-15(17)21(29-32)31-10-23(11-31)12-34-13-23)27-19-3-5-25-22(28-19)30-6-4-18(33)16(24)9-30/h3,5,7-8,14,16,18,33H,4,6,9-13H2,1-2H3,(H,25,26,27,28)/t16-,18+/m0/s1. The molecule has 11 heteroatoms. The highest BCUT2D eigenvalue weighted by Gasteiger charge is 2.50. The van der Waals surface area contributed by atoms with E-state index >= 15 is 0 Å². The minimum absolute atomic E-state index is 0.0785. The largest absolute Gasteiger partial charge is 0.390 e. The number of alkyl halides is 1. The van der Waals surface area contributed by atoms with Crippen LogP contribution in [0.4, 0.5) is 27.8 Å². The van der Waals surface area contributed by atoms with Crippen LogP contribution in [0.5, 0.6) is 0 Å². The fourth-order valence-corrected chi connectivity index (χ4v) is 4.97. The van der Waals surface area contributed by atoms with Gasteiger partial charge < -0.3 is 25.0 Å². The molecule has 2 atom stereocenters. The first-order valence-electron chi connectivity index (χ1n) is 11.8. The van der Waals surface area contributed by atoms with E-state index in [1.807, 2.05) is 16.9 Å². The van der Waals surface area contributed by atoms with Crippen LogP contribution in [0.3, 0.4) is 0 Å². The van der Waals surface area contributed by atoms with Crippen molar-refractivity contribution in [2.45, 2.75) is 38.6 Å². The van der Waals surface area contributed by atoms with Crippen LogP contribution in [0.15, 0.2) is 24.5 Å². The molecule has 3 aromatic rings. The van der Waals surface area contributed by atoms with Gasteiger partial charge >= 0.3 is 0 Å². The quantitative estimate of drug-likeness (QED) is 0.584. The molecule has 0 radical (unpaired) electrons. The maximum Gasteiger partial charge on any atom is 0.227 e. The Labute approximate surface area is 196 Å². The summed E-state index contributed by atoms with van der Waals surface area (Å²) in [6, 6.07) is 3.94. The number of hydrogen-bond donors (Lipinski definition) is 2. The SMILES string of the molecule is CC(C)n1nc(N2CC3(COC3)C2)c2cnc(Nc3ccnc(N4CC[C@@H](O)[C@@H](F)C4)n3)cc21. The molecule has 0 saturated carbocycles. The second-order valence-corrected chi connectivity index (χ2v) is 9.98. The number of piperidine rings is 1. The lowest BCUT2D eigenvalue weighted by atomic mass is 9.78. The van der Waals surface area contributed by atoms with E-state index in [4.69, 9.17) is 9.84 Å². The predicted molar refractivity (Wildman–Crippen MR) is 126 cm³/mol. The second-order valence-electron chi connectivity index (χ2n) is 9.98. The summed E-state index contributed by atoms with van der Waals surface area (Å²) in [5.41, 5.74) is 1.32. The number of pyridine rings is 1. The van der Waals surface area contributed by atoms with Gasteiger partial charge in [0.15, 0.2) is 5.82 Å². The van der Waals surface area contributed by atoms with Gasteiger partial charge in [0.05, 0.1) is 42.2 Å². The molecule has 2 N–H and O–H groups in total. The topological polar surface area (TPSA) is 104 Å². The van der Waals surface area contributed by atoms with Gasteiger partial charge in [-0.05, 0) is 26.3 Å². The van der Waals surface area contributed by atoms with Crippen molar-refractivity contribution in [2.75, 3.05) is 54.5 Å². The lowest BCUT2D eigenvalue weighted by Crippen LogP contribution is -2.66. The average molecular weight is 469 g/mol. The molecule has 3 aliphatic heterocycles. The first kappa shape index (κ1) is 21.5. The number of hydrogen-bond acceptors (Lipinski definition) is 9. The van der Waals surface area contributed by atoms with Crippen molar-refractivity contribution in [3.05, 3.63) is 24.5 Å². The minimum Gasteiger partial charge on any atom is -0.390 e. The normalized spacial score (nSPS) is 23.9. The number of rotatable bonds is 5. The third-order valence-electron chi connectivity index (χ3n) is 6.92. The van der Waals surface area contributed by atoms with Crippen LogP contribution in [-0.2, 0) is 4.74 Å². The zero-order valence-corrected chi connectivity index (χ0v) is 19.4. The van der Waals surface area contributed by atoms with Crippen molar-refractivity contribution in [2.24, 2.45) is 5.41 Å². The first-order chi connectivity index (χ1) is 16.4. The van der Waals surface area contributed by atoms with E-state index in [1.165, 1.54) is 0 Å². The van der Waals surface area contributed by atoms with E-state index in [-0.39, 0.29) is 12.6 Å². The van der Waals surface area contributed by atoms with Gasteiger partial charge in [0, 0.05) is 44.1 Å². The molecule has 6 rings (SSSR count). The molecule has 0 aromatic carbocycles. The molecule has 10 nitrogen and oxygen atoms in total. The molecule has 34 heavy (non-hydrogen) atoms. The number of nitrogens with one attached hydrogen (secondary N) is 1. The van der Waals surface area contributed by atoms with Crippen molar-refractivity contribution >= 4 is 34.3 Å². The number of fused-ring (bicyclic) bond motifs is 1. The summed E-state index contributed by atoms with van der Waals surface area (Å²) in [4.78, 5) is 17.5. The number of aliphatic hydroxyl groups excluding tert-OH is 1. The number of ether oxygens (including phenoxy) is 1. The molecule has 3 fully saturated rings. The molecule has 1 spiro atoms. The van der Waals surface area contributed by atoms with Gasteiger partial charge in [-0.25, -0.2) is 14.4 Å². The molecule has 0 aliphatic carbocycles. The van der Waals surface area contributed by atoms with Crippen LogP contribution in [-0.4, -0.2) is 81.5 Å². The Morgan fingerprint density at radius 2 is 2.03 bits per heavy atom. The van der Waals surface area contributed by atoms with Gasteiger partial charge in [-0.3, -0.25) is 4.68 Å². The molecule has 0 unspecified atom stereocenters. The summed E-state index contributed by atoms with van der Waals surface area (Å²) in [6.07, 6.45) is 1.63. The van der Waals surface area contributed by atoms with E-state index in [2.05, 4.69) is 39.0 Å². The Morgan fingerprint density at radius 3 is 2.74 bits per heavy atom. The minimum atomic E-state index is -1.30. The smallest absolute Gasteiger partial charge is 0.227 e. The predicted octanol–water partition coefficient (Wildman–Crippen LogP) is 2.29. The van der Waals surface area contributed by atoms with Crippen molar-refractivity contribution in [1.82, 2.24) is 24.7 Å². The molecule has 3 aromatic heterocycles. The Bertz CT molecular complexity index is 1200. The maximum atomic E-state index is 14.0. The van der Waals surface area contributed by atoms with Crippen molar-refractivity contribution in [3.8, 4) is 0 Å². The Hall–Kier alpha value is -3.05. The van der Waals surface area contributed by atoms with Gasteiger partial charge in [-0.2, -0.15) is 10.1 Å². The van der Waals surface area contributed by atoms with Gasteiger partial charge in [-0.1, -0.05) is 0 Å². The first-order valence-corrected chi connectivity index (χ1v) is 11.8. The second kappa shape index (κ2) is 8.02. The zero-order chi connectivity index (χ0) is 23.4. The number of aromatic nitrogens is 5. The molecular weight excluding hydrogens is 439 g/mol. The third-order valence-corrected chi connectivity index (χ3v) is 6.92. The van der Waals surface area contributed by atoms with Gasteiger partial charge in [0.25, 0.3) is 0 Å². The fraction of sp³-hybridized carbons (Fsp3) is 0.565. The Morgan fingerprint density at radius 1 is 1.21 bits per heavy atom. The van der Waals surface area contributed by atoms with Crippen LogP contribution in [0.25, 0.3) is 10.9 Å². The highest BCUT2D eigenvalue weighted by Crippen LogP contribution is 2.42. The monoisotopic (exact) mass is 468 g/mol. The van der Waals surface area contributed by atoms with E-state index < -0.39 is 12.3 Å². The van der Waals surface area contributed by atoms with E-state index in [0.29, 0.717) is 36.0 Å². The van der Waals surface area contributed by atoms with Crippen molar-refractivity contribution in [3.63, 3.8) is 0 Å². The lowest BCUT2D eigenvalue weighted by Gasteiger charge is -2.55. The fourth-order valence-electron chi connectivity index (χ4n) is 4.97. The number of anilines is 4. The zero-order valence-electron chi connectivity index (χ0n) is 19.4. The molecule has 0 bridgehead atoms. The molecule has 6 heterocycles. The summed E-state index contributed by atoms with van der Waals surface area (Å²) in [5, 5.41) is 18.9. The lowest BCUT2D eigenvalue weighted by molar-refractivity contribution is -0.127. The molecule has 0 amide bonds. The number of nitrogens with zero attached hydrogens (tertiary/aromatic N) is 7. The van der Waals surface area contributed by atoms with Gasteiger partial charge in [0.1, 0.15) is 17.8 Å². The van der Waals surface area contributed by atoms with E-state index in [9.17, 15) is 9.50 Å². The third kappa shape index (κ3) is 3.63. The van der Waals surface area contributed by atoms with Crippen LogP contribution in [0.1, 0.15) is 26.3 Å². The van der Waals surface area contributed by atoms with Crippen molar-refractivity contribution < 1.29 is 14.2 Å². The summed E-state index contributed by atoms with van der Waals surface area (Å²) in [6.45, 7) is 8.43. The van der Waals surface area contributed by atoms with Crippen LogP contribution < -0.4 is 15.1 Å². The number of aliphatic hydroxyl groups is 1. The van der Waals surface area contributed by atoms with Crippen LogP contribution >= 0.6 is 0 Å². The van der Waals surface area contributed by atoms with E-state index in [1.54, 1.807) is 17.2 Å². The molecular formula is C23H29FN8O2. The number of halogens is 1. The molecule has 3 saturated heterocycles. The average Bonchev–Trinajstić information content (AvgIpc) is 3.13. The highest BCUT2D eigenvalue weighted by molar-refractivity contribution is 5.92. The summed E-state index contributed by atoms with van der Waals surface area (Å²) in [7, 11) is 0.